The fourth-order valence-electron chi connectivity index (χ4n) is 2.31. The van der Waals surface area contributed by atoms with Gasteiger partial charge in [-0.2, -0.15) is 11.8 Å². The molecule has 0 aromatic heterocycles. The van der Waals surface area contributed by atoms with Crippen LogP contribution >= 0.6 is 11.8 Å². The Kier molecular flexibility index (Phi) is 6.88. The van der Waals surface area contributed by atoms with Gasteiger partial charge >= 0.3 is 0 Å². The lowest BCUT2D eigenvalue weighted by molar-refractivity contribution is -0.121. The van der Waals surface area contributed by atoms with Gasteiger partial charge in [0.1, 0.15) is 0 Å². The molecule has 1 unspecified atom stereocenters. The molecule has 1 heterocycles. The predicted octanol–water partition coefficient (Wildman–Crippen LogP) is 0.696. The first-order chi connectivity index (χ1) is 11.0. The Morgan fingerprint density at radius 2 is 2.09 bits per heavy atom. The topological polar surface area (TPSA) is 87.3 Å². The number of carbonyl (C=O) groups is 1. The molecule has 0 bridgehead atoms. The molecule has 1 aromatic rings. The highest BCUT2D eigenvalue weighted by Gasteiger charge is 2.16. The van der Waals surface area contributed by atoms with E-state index in [1.807, 2.05) is 11.8 Å². The zero-order chi connectivity index (χ0) is 16.7. The van der Waals surface area contributed by atoms with Gasteiger partial charge in [-0.25, -0.2) is 13.1 Å². The zero-order valence-electron chi connectivity index (χ0n) is 13.2. The van der Waals surface area contributed by atoms with E-state index in [9.17, 15) is 13.2 Å². The van der Waals surface area contributed by atoms with Crippen LogP contribution < -0.4 is 15.4 Å². The van der Waals surface area contributed by atoms with Crippen molar-refractivity contribution in [2.75, 3.05) is 24.6 Å². The Bertz CT molecular complexity index is 611. The Balaban J connectivity index is 1.82. The van der Waals surface area contributed by atoms with Gasteiger partial charge in [0.15, 0.2) is 0 Å². The maximum absolute atomic E-state index is 11.9. The highest BCUT2D eigenvalue weighted by molar-refractivity contribution is 7.99. The summed E-state index contributed by atoms with van der Waals surface area (Å²) in [5.74, 6) is 2.07. The van der Waals surface area contributed by atoms with Crippen LogP contribution in [0.5, 0.6) is 0 Å². The summed E-state index contributed by atoms with van der Waals surface area (Å²) in [6.45, 7) is 3.44. The third-order valence-corrected chi connectivity index (χ3v) is 6.18. The van der Waals surface area contributed by atoms with Crippen LogP contribution in [0.15, 0.2) is 29.2 Å². The minimum atomic E-state index is -3.43. The van der Waals surface area contributed by atoms with E-state index in [1.54, 1.807) is 31.2 Å². The number of hydrogen-bond acceptors (Lipinski definition) is 5. The molecular weight excluding hydrogens is 334 g/mol. The first-order valence-corrected chi connectivity index (χ1v) is 10.3. The SMILES string of the molecule is CCNS(=O)(=O)c1ccc(CNC(=O)CC2CSCCN2)cc1. The van der Waals surface area contributed by atoms with Crippen LogP contribution in [-0.4, -0.2) is 45.0 Å². The Hall–Kier alpha value is -1.09. The number of benzene rings is 1. The van der Waals surface area contributed by atoms with Crippen LogP contribution in [0.3, 0.4) is 0 Å². The van der Waals surface area contributed by atoms with E-state index >= 15 is 0 Å². The number of hydrogen-bond donors (Lipinski definition) is 3. The van der Waals surface area contributed by atoms with E-state index in [0.29, 0.717) is 19.5 Å². The fraction of sp³-hybridized carbons (Fsp3) is 0.533. The number of thioether (sulfide) groups is 1. The van der Waals surface area contributed by atoms with Gasteiger partial charge in [0.05, 0.1) is 4.90 Å². The Morgan fingerprint density at radius 1 is 1.35 bits per heavy atom. The molecule has 3 N–H and O–H groups in total. The van der Waals surface area contributed by atoms with Crippen molar-refractivity contribution in [3.63, 3.8) is 0 Å². The van der Waals surface area contributed by atoms with E-state index < -0.39 is 10.0 Å². The van der Waals surface area contributed by atoms with Crippen molar-refractivity contribution >= 4 is 27.7 Å². The number of sulfonamides is 1. The van der Waals surface area contributed by atoms with Crippen LogP contribution in [-0.2, 0) is 21.4 Å². The summed E-state index contributed by atoms with van der Waals surface area (Å²) in [4.78, 5) is 12.2. The second-order valence-electron chi connectivity index (χ2n) is 5.35. The lowest BCUT2D eigenvalue weighted by Gasteiger charge is -2.22. The molecule has 1 aliphatic heterocycles. The Morgan fingerprint density at radius 3 is 2.70 bits per heavy atom. The number of amides is 1. The minimum Gasteiger partial charge on any atom is -0.352 e. The van der Waals surface area contributed by atoms with Crippen LogP contribution in [0, 0.1) is 0 Å². The molecule has 1 aliphatic rings. The molecule has 8 heteroatoms. The molecule has 1 fully saturated rings. The summed E-state index contributed by atoms with van der Waals surface area (Å²) in [6, 6.07) is 6.79. The minimum absolute atomic E-state index is 0.00866. The summed E-state index contributed by atoms with van der Waals surface area (Å²) in [6.07, 6.45) is 0.472. The highest BCUT2D eigenvalue weighted by atomic mass is 32.2. The van der Waals surface area contributed by atoms with Gasteiger partial charge in [-0.15, -0.1) is 0 Å². The van der Waals surface area contributed by atoms with E-state index in [1.165, 1.54) is 0 Å². The van der Waals surface area contributed by atoms with Crippen LogP contribution in [0.2, 0.25) is 0 Å². The molecule has 1 atom stereocenters. The van der Waals surface area contributed by atoms with Gasteiger partial charge in [0, 0.05) is 43.6 Å². The standard InChI is InChI=1S/C15H23N3O3S2/c1-2-18-23(20,21)14-5-3-12(4-6-14)10-17-15(19)9-13-11-22-8-7-16-13/h3-6,13,16,18H,2,7-11H2,1H3,(H,17,19). The fourth-order valence-corrected chi connectivity index (χ4v) is 4.30. The van der Waals surface area contributed by atoms with Crippen molar-refractivity contribution in [3.8, 4) is 0 Å². The van der Waals surface area contributed by atoms with Crippen molar-refractivity contribution in [2.24, 2.45) is 0 Å². The zero-order valence-corrected chi connectivity index (χ0v) is 14.8. The van der Waals surface area contributed by atoms with E-state index in [-0.39, 0.29) is 16.8 Å². The molecule has 1 amide bonds. The van der Waals surface area contributed by atoms with Crippen molar-refractivity contribution in [3.05, 3.63) is 29.8 Å². The van der Waals surface area contributed by atoms with Gasteiger partial charge in [-0.1, -0.05) is 19.1 Å². The van der Waals surface area contributed by atoms with Crippen LogP contribution in [0.4, 0.5) is 0 Å². The highest BCUT2D eigenvalue weighted by Crippen LogP contribution is 2.12. The van der Waals surface area contributed by atoms with E-state index in [0.717, 1.165) is 23.6 Å². The predicted molar refractivity (Wildman–Crippen MR) is 92.9 cm³/mol. The summed E-state index contributed by atoms with van der Waals surface area (Å²) in [7, 11) is -3.43. The van der Waals surface area contributed by atoms with Gasteiger partial charge < -0.3 is 10.6 Å². The lowest BCUT2D eigenvalue weighted by Crippen LogP contribution is -2.41. The van der Waals surface area contributed by atoms with Crippen LogP contribution in [0.1, 0.15) is 18.9 Å². The smallest absolute Gasteiger partial charge is 0.240 e. The summed E-state index contributed by atoms with van der Waals surface area (Å²) < 4.78 is 26.1. The summed E-state index contributed by atoms with van der Waals surface area (Å²) in [5, 5.41) is 6.21. The molecule has 1 saturated heterocycles. The second-order valence-corrected chi connectivity index (χ2v) is 8.27. The molecule has 0 aliphatic carbocycles. The third-order valence-electron chi connectivity index (χ3n) is 3.49. The number of nitrogens with one attached hydrogen (secondary N) is 3. The van der Waals surface area contributed by atoms with Gasteiger partial charge in [0.2, 0.25) is 15.9 Å². The second kappa shape index (κ2) is 8.68. The normalized spacial score (nSPS) is 18.6. The molecule has 0 radical (unpaired) electrons. The lowest BCUT2D eigenvalue weighted by atomic mass is 10.2. The van der Waals surface area contributed by atoms with Gasteiger partial charge in [-0.3, -0.25) is 4.79 Å². The Labute approximate surface area is 141 Å². The summed E-state index contributed by atoms with van der Waals surface area (Å²) in [5.41, 5.74) is 0.875. The average molecular weight is 358 g/mol. The third kappa shape index (κ3) is 5.80. The average Bonchev–Trinajstić information content (AvgIpc) is 2.54. The maximum Gasteiger partial charge on any atom is 0.240 e. The van der Waals surface area contributed by atoms with Crippen molar-refractivity contribution in [1.82, 2.24) is 15.4 Å². The molecule has 1 aromatic carbocycles. The molecular formula is C15H23N3O3S2. The maximum atomic E-state index is 11.9. The van der Waals surface area contributed by atoms with Gasteiger partial charge in [0.25, 0.3) is 0 Å². The molecule has 2 rings (SSSR count). The molecule has 128 valence electrons. The molecule has 0 spiro atoms. The monoisotopic (exact) mass is 357 g/mol. The molecule has 6 nitrogen and oxygen atoms in total. The summed E-state index contributed by atoms with van der Waals surface area (Å²) >= 11 is 1.86. The van der Waals surface area contributed by atoms with Crippen molar-refractivity contribution < 1.29 is 13.2 Å². The van der Waals surface area contributed by atoms with Crippen molar-refractivity contribution in [1.29, 1.82) is 0 Å². The first-order valence-electron chi connectivity index (χ1n) is 7.67. The molecule has 23 heavy (non-hydrogen) atoms. The quantitative estimate of drug-likeness (QED) is 0.669. The number of carbonyl (C=O) groups excluding carboxylic acids is 1. The number of rotatable bonds is 7. The van der Waals surface area contributed by atoms with Gasteiger partial charge in [-0.05, 0) is 17.7 Å². The largest absolute Gasteiger partial charge is 0.352 e. The molecule has 0 saturated carbocycles. The van der Waals surface area contributed by atoms with E-state index in [2.05, 4.69) is 15.4 Å². The first kappa shape index (κ1) is 18.3. The van der Waals surface area contributed by atoms with Crippen molar-refractivity contribution in [2.45, 2.75) is 30.8 Å². The van der Waals surface area contributed by atoms with Crippen LogP contribution in [0.25, 0.3) is 0 Å². The van der Waals surface area contributed by atoms with E-state index in [4.69, 9.17) is 0 Å².